The highest BCUT2D eigenvalue weighted by molar-refractivity contribution is 6.33. The standard InChI is InChI=1S/C12H16ClN3O/c13-9-3-1-2-4-10(9)16-12(11(14)17)5-7-15-8-6-12/h1-4,15-16H,5-8H2,(H2,14,17). The van der Waals surface area contributed by atoms with Crippen LogP contribution in [0.4, 0.5) is 5.69 Å². The van der Waals surface area contributed by atoms with Crippen LogP contribution in [-0.4, -0.2) is 24.5 Å². The van der Waals surface area contributed by atoms with Crippen molar-refractivity contribution in [3.63, 3.8) is 0 Å². The Morgan fingerprint density at radius 2 is 2.00 bits per heavy atom. The first-order valence-corrected chi connectivity index (χ1v) is 6.05. The topological polar surface area (TPSA) is 67.2 Å². The van der Waals surface area contributed by atoms with E-state index in [0.717, 1.165) is 18.8 Å². The van der Waals surface area contributed by atoms with Gasteiger partial charge in [0.05, 0.1) is 10.7 Å². The zero-order valence-corrected chi connectivity index (χ0v) is 10.3. The number of anilines is 1. The molecular weight excluding hydrogens is 238 g/mol. The largest absolute Gasteiger partial charge is 0.370 e. The molecule has 0 aromatic heterocycles. The van der Waals surface area contributed by atoms with E-state index in [1.807, 2.05) is 18.2 Å². The first kappa shape index (κ1) is 12.2. The molecular formula is C12H16ClN3O. The SMILES string of the molecule is NC(=O)C1(Nc2ccccc2Cl)CCNCC1. The van der Waals surface area contributed by atoms with Crippen LogP contribution in [0.2, 0.25) is 5.02 Å². The molecule has 0 unspecified atom stereocenters. The van der Waals surface area contributed by atoms with Crippen molar-refractivity contribution in [2.75, 3.05) is 18.4 Å². The number of halogens is 1. The lowest BCUT2D eigenvalue weighted by Gasteiger charge is -2.36. The number of nitrogens with two attached hydrogens (primary N) is 1. The number of nitrogens with one attached hydrogen (secondary N) is 2. The molecule has 1 fully saturated rings. The molecule has 17 heavy (non-hydrogen) atoms. The number of carbonyl (C=O) groups excluding carboxylic acids is 1. The van der Waals surface area contributed by atoms with Crippen LogP contribution in [0, 0.1) is 0 Å². The maximum atomic E-state index is 11.7. The molecule has 2 rings (SSSR count). The number of carbonyl (C=O) groups is 1. The summed E-state index contributed by atoms with van der Waals surface area (Å²) in [5, 5.41) is 7.03. The van der Waals surface area contributed by atoms with E-state index >= 15 is 0 Å². The fourth-order valence-electron chi connectivity index (χ4n) is 2.11. The normalized spacial score (nSPS) is 18.6. The average Bonchev–Trinajstić information content (AvgIpc) is 2.33. The van der Waals surface area contributed by atoms with Crippen LogP contribution >= 0.6 is 11.6 Å². The fraction of sp³-hybridized carbons (Fsp3) is 0.417. The Balaban J connectivity index is 2.24. The summed E-state index contributed by atoms with van der Waals surface area (Å²) in [5.41, 5.74) is 5.60. The molecule has 1 aliphatic heterocycles. The molecule has 92 valence electrons. The van der Waals surface area contributed by atoms with Gasteiger partial charge in [0.1, 0.15) is 5.54 Å². The van der Waals surface area contributed by atoms with Crippen LogP contribution in [0.1, 0.15) is 12.8 Å². The second-order valence-electron chi connectivity index (χ2n) is 4.30. The summed E-state index contributed by atoms with van der Waals surface area (Å²) in [6.07, 6.45) is 1.35. The first-order valence-electron chi connectivity index (χ1n) is 5.67. The zero-order chi connectivity index (χ0) is 12.3. The molecule has 1 aromatic carbocycles. The van der Waals surface area contributed by atoms with Gasteiger partial charge in [-0.3, -0.25) is 4.79 Å². The zero-order valence-electron chi connectivity index (χ0n) is 9.50. The van der Waals surface area contributed by atoms with Crippen molar-refractivity contribution in [3.05, 3.63) is 29.3 Å². The van der Waals surface area contributed by atoms with Crippen molar-refractivity contribution < 1.29 is 4.79 Å². The summed E-state index contributed by atoms with van der Waals surface area (Å²) in [6, 6.07) is 7.38. The summed E-state index contributed by atoms with van der Waals surface area (Å²) in [4.78, 5) is 11.7. The van der Waals surface area contributed by atoms with Gasteiger partial charge in [0.2, 0.25) is 5.91 Å². The Kier molecular flexibility index (Phi) is 3.54. The van der Waals surface area contributed by atoms with E-state index in [1.54, 1.807) is 6.07 Å². The van der Waals surface area contributed by atoms with Gasteiger partial charge < -0.3 is 16.4 Å². The van der Waals surface area contributed by atoms with Gasteiger partial charge in [-0.15, -0.1) is 0 Å². The lowest BCUT2D eigenvalue weighted by atomic mass is 9.87. The third kappa shape index (κ3) is 2.53. The molecule has 1 aromatic rings. The Bertz CT molecular complexity index is 416. The summed E-state index contributed by atoms with van der Waals surface area (Å²) < 4.78 is 0. The quantitative estimate of drug-likeness (QED) is 0.762. The molecule has 5 heteroatoms. The van der Waals surface area contributed by atoms with Crippen molar-refractivity contribution in [1.29, 1.82) is 0 Å². The molecule has 0 saturated carbocycles. The number of rotatable bonds is 3. The minimum Gasteiger partial charge on any atom is -0.370 e. The van der Waals surface area contributed by atoms with Gasteiger partial charge in [-0.2, -0.15) is 0 Å². The molecule has 0 bridgehead atoms. The molecule has 0 spiro atoms. The Labute approximate surface area is 106 Å². The molecule has 0 radical (unpaired) electrons. The van der Waals surface area contributed by atoms with Gasteiger partial charge in [0.25, 0.3) is 0 Å². The van der Waals surface area contributed by atoms with Gasteiger partial charge in [0.15, 0.2) is 0 Å². The van der Waals surface area contributed by atoms with Crippen LogP contribution in [0.25, 0.3) is 0 Å². The van der Waals surface area contributed by atoms with Gasteiger partial charge >= 0.3 is 0 Å². The predicted molar refractivity (Wildman–Crippen MR) is 69.1 cm³/mol. The molecule has 0 aliphatic carbocycles. The second kappa shape index (κ2) is 4.94. The Hall–Kier alpha value is -1.26. The van der Waals surface area contributed by atoms with E-state index in [2.05, 4.69) is 10.6 Å². The molecule has 1 saturated heterocycles. The van der Waals surface area contributed by atoms with Crippen molar-refractivity contribution in [2.45, 2.75) is 18.4 Å². The van der Waals surface area contributed by atoms with E-state index in [-0.39, 0.29) is 5.91 Å². The lowest BCUT2D eigenvalue weighted by Crippen LogP contribution is -2.56. The number of para-hydroxylation sites is 1. The van der Waals surface area contributed by atoms with Crippen LogP contribution in [0.3, 0.4) is 0 Å². The Morgan fingerprint density at radius 3 is 2.59 bits per heavy atom. The van der Waals surface area contributed by atoms with E-state index < -0.39 is 5.54 Å². The third-order valence-corrected chi connectivity index (χ3v) is 3.51. The van der Waals surface area contributed by atoms with Crippen molar-refractivity contribution in [3.8, 4) is 0 Å². The van der Waals surface area contributed by atoms with E-state index in [4.69, 9.17) is 17.3 Å². The van der Waals surface area contributed by atoms with Crippen molar-refractivity contribution in [1.82, 2.24) is 5.32 Å². The minimum atomic E-state index is -0.684. The van der Waals surface area contributed by atoms with Crippen LogP contribution in [0.5, 0.6) is 0 Å². The van der Waals surface area contributed by atoms with Crippen molar-refractivity contribution >= 4 is 23.2 Å². The summed E-state index contributed by atoms with van der Waals surface area (Å²) in [5.74, 6) is -0.320. The smallest absolute Gasteiger partial charge is 0.243 e. The van der Waals surface area contributed by atoms with Crippen LogP contribution in [-0.2, 0) is 4.79 Å². The summed E-state index contributed by atoms with van der Waals surface area (Å²) in [6.45, 7) is 1.56. The van der Waals surface area contributed by atoms with Crippen molar-refractivity contribution in [2.24, 2.45) is 5.73 Å². The van der Waals surface area contributed by atoms with E-state index in [1.165, 1.54) is 0 Å². The van der Waals surface area contributed by atoms with Gasteiger partial charge in [-0.25, -0.2) is 0 Å². The highest BCUT2D eigenvalue weighted by Crippen LogP contribution is 2.28. The summed E-state index contributed by atoms with van der Waals surface area (Å²) >= 11 is 6.08. The predicted octanol–water partition coefficient (Wildman–Crippen LogP) is 1.36. The van der Waals surface area contributed by atoms with E-state index in [0.29, 0.717) is 17.9 Å². The summed E-state index contributed by atoms with van der Waals surface area (Å²) in [7, 11) is 0. The molecule has 1 aliphatic rings. The minimum absolute atomic E-state index is 0.320. The van der Waals surface area contributed by atoms with Gasteiger partial charge in [-0.1, -0.05) is 23.7 Å². The van der Waals surface area contributed by atoms with Crippen LogP contribution < -0.4 is 16.4 Å². The molecule has 0 atom stereocenters. The molecule has 4 nitrogen and oxygen atoms in total. The maximum absolute atomic E-state index is 11.7. The molecule has 1 heterocycles. The third-order valence-electron chi connectivity index (χ3n) is 3.18. The van der Waals surface area contributed by atoms with Crippen LogP contribution in [0.15, 0.2) is 24.3 Å². The number of piperidine rings is 1. The van der Waals surface area contributed by atoms with Gasteiger partial charge in [-0.05, 0) is 38.1 Å². The van der Waals surface area contributed by atoms with Gasteiger partial charge in [0, 0.05) is 0 Å². The lowest BCUT2D eigenvalue weighted by molar-refractivity contribution is -0.123. The number of amides is 1. The number of benzene rings is 1. The second-order valence-corrected chi connectivity index (χ2v) is 4.71. The Morgan fingerprint density at radius 1 is 1.35 bits per heavy atom. The maximum Gasteiger partial charge on any atom is 0.243 e. The monoisotopic (exact) mass is 253 g/mol. The van der Waals surface area contributed by atoms with E-state index in [9.17, 15) is 4.79 Å². The number of hydrogen-bond donors (Lipinski definition) is 3. The first-order chi connectivity index (χ1) is 8.14. The number of primary amides is 1. The molecule has 1 amide bonds. The average molecular weight is 254 g/mol. The fourth-order valence-corrected chi connectivity index (χ4v) is 2.29. The number of hydrogen-bond acceptors (Lipinski definition) is 3. The highest BCUT2D eigenvalue weighted by atomic mass is 35.5. The highest BCUT2D eigenvalue weighted by Gasteiger charge is 2.38. The molecule has 4 N–H and O–H groups in total.